The van der Waals surface area contributed by atoms with E-state index in [1.807, 2.05) is 0 Å². The molecule has 1 aliphatic rings. The Morgan fingerprint density at radius 2 is 1.93 bits per heavy atom. The number of hydrogen-bond acceptors (Lipinski definition) is 5. The van der Waals surface area contributed by atoms with E-state index >= 15 is 0 Å². The molecule has 14 heavy (non-hydrogen) atoms. The number of carbonyl (C=O) groups excluding carboxylic acids is 2. The third-order valence-electron chi connectivity index (χ3n) is 1.46. The predicted molar refractivity (Wildman–Crippen MR) is 46.5 cm³/mol. The molecule has 5 heteroatoms. The van der Waals surface area contributed by atoms with Gasteiger partial charge in [0.2, 0.25) is 0 Å². The van der Waals surface area contributed by atoms with Crippen molar-refractivity contribution in [3.8, 4) is 0 Å². The summed E-state index contributed by atoms with van der Waals surface area (Å²) in [6, 6.07) is 0. The SMILES string of the molecule is CCOC(=O)C=CC(=O)OCC1CO1. The average molecular weight is 200 g/mol. The van der Waals surface area contributed by atoms with Gasteiger partial charge in [-0.2, -0.15) is 0 Å². The van der Waals surface area contributed by atoms with E-state index in [2.05, 4.69) is 4.74 Å². The first-order chi connectivity index (χ1) is 6.72. The smallest absolute Gasteiger partial charge is 0.331 e. The van der Waals surface area contributed by atoms with Crippen molar-refractivity contribution in [2.45, 2.75) is 13.0 Å². The van der Waals surface area contributed by atoms with E-state index in [1.165, 1.54) is 0 Å². The molecule has 1 fully saturated rings. The highest BCUT2D eigenvalue weighted by Gasteiger charge is 2.23. The van der Waals surface area contributed by atoms with Crippen LogP contribution in [0.2, 0.25) is 0 Å². The molecule has 0 aliphatic carbocycles. The normalized spacial score (nSPS) is 19.4. The molecule has 0 spiro atoms. The van der Waals surface area contributed by atoms with Gasteiger partial charge in [-0.3, -0.25) is 0 Å². The lowest BCUT2D eigenvalue weighted by molar-refractivity contribution is -0.140. The molecule has 0 aromatic rings. The van der Waals surface area contributed by atoms with Gasteiger partial charge in [-0.25, -0.2) is 9.59 Å². The van der Waals surface area contributed by atoms with Gasteiger partial charge in [-0.15, -0.1) is 0 Å². The molecule has 1 heterocycles. The third-order valence-corrected chi connectivity index (χ3v) is 1.46. The van der Waals surface area contributed by atoms with Crippen LogP contribution in [0.25, 0.3) is 0 Å². The van der Waals surface area contributed by atoms with Gasteiger partial charge in [0, 0.05) is 12.2 Å². The highest BCUT2D eigenvalue weighted by molar-refractivity contribution is 5.91. The summed E-state index contributed by atoms with van der Waals surface area (Å²) in [7, 11) is 0. The molecule has 1 unspecified atom stereocenters. The zero-order valence-electron chi connectivity index (χ0n) is 7.89. The third kappa shape index (κ3) is 4.61. The minimum atomic E-state index is -0.562. The Kier molecular flexibility index (Phi) is 4.12. The molecule has 78 valence electrons. The summed E-state index contributed by atoms with van der Waals surface area (Å²) in [4.78, 5) is 21.7. The Hall–Kier alpha value is -1.36. The number of ether oxygens (including phenoxy) is 3. The van der Waals surface area contributed by atoms with E-state index in [0.717, 1.165) is 12.2 Å². The maximum atomic E-state index is 10.9. The lowest BCUT2D eigenvalue weighted by atomic mass is 10.5. The van der Waals surface area contributed by atoms with Crippen LogP contribution in [0.3, 0.4) is 0 Å². The molecule has 1 saturated heterocycles. The van der Waals surface area contributed by atoms with Gasteiger partial charge in [0.25, 0.3) is 0 Å². The van der Waals surface area contributed by atoms with Gasteiger partial charge in [-0.05, 0) is 6.92 Å². The van der Waals surface area contributed by atoms with Gasteiger partial charge >= 0.3 is 11.9 Å². The summed E-state index contributed by atoms with van der Waals surface area (Å²) in [6.45, 7) is 2.85. The minimum absolute atomic E-state index is 0.0370. The van der Waals surface area contributed by atoms with Crippen molar-refractivity contribution in [2.24, 2.45) is 0 Å². The topological polar surface area (TPSA) is 65.1 Å². The van der Waals surface area contributed by atoms with Crippen LogP contribution in [-0.4, -0.2) is 37.9 Å². The molecule has 0 bridgehead atoms. The van der Waals surface area contributed by atoms with Gasteiger partial charge in [0.15, 0.2) is 0 Å². The zero-order valence-corrected chi connectivity index (χ0v) is 7.89. The Morgan fingerprint density at radius 1 is 1.36 bits per heavy atom. The Labute approximate surface area is 81.6 Å². The lowest BCUT2D eigenvalue weighted by Crippen LogP contribution is -2.08. The molecule has 0 radical (unpaired) electrons. The lowest BCUT2D eigenvalue weighted by Gasteiger charge is -1.97. The van der Waals surface area contributed by atoms with Crippen molar-refractivity contribution in [1.29, 1.82) is 0 Å². The first-order valence-corrected chi connectivity index (χ1v) is 4.35. The van der Waals surface area contributed by atoms with Crippen LogP contribution < -0.4 is 0 Å². The summed E-state index contributed by atoms with van der Waals surface area (Å²) >= 11 is 0. The van der Waals surface area contributed by atoms with E-state index < -0.39 is 11.9 Å². The largest absolute Gasteiger partial charge is 0.463 e. The fraction of sp³-hybridized carbons (Fsp3) is 0.556. The van der Waals surface area contributed by atoms with Gasteiger partial charge < -0.3 is 14.2 Å². The van der Waals surface area contributed by atoms with Crippen LogP contribution in [0.15, 0.2) is 12.2 Å². The number of carbonyl (C=O) groups is 2. The molecule has 1 aliphatic heterocycles. The summed E-state index contributed by atoms with van der Waals surface area (Å²) in [5, 5.41) is 0. The fourth-order valence-electron chi connectivity index (χ4n) is 0.714. The summed E-state index contributed by atoms with van der Waals surface area (Å²) in [6.07, 6.45) is 2.12. The van der Waals surface area contributed by atoms with Crippen LogP contribution in [0.4, 0.5) is 0 Å². The van der Waals surface area contributed by atoms with Crippen LogP contribution in [0, 0.1) is 0 Å². The van der Waals surface area contributed by atoms with E-state index in [9.17, 15) is 9.59 Å². The second-order valence-electron chi connectivity index (χ2n) is 2.67. The first-order valence-electron chi connectivity index (χ1n) is 4.35. The van der Waals surface area contributed by atoms with E-state index in [0.29, 0.717) is 6.61 Å². The average Bonchev–Trinajstić information content (AvgIpc) is 2.95. The quantitative estimate of drug-likeness (QED) is 0.356. The Balaban J connectivity index is 2.13. The molecule has 1 atom stereocenters. The molecule has 0 aromatic heterocycles. The van der Waals surface area contributed by atoms with E-state index in [4.69, 9.17) is 9.47 Å². The van der Waals surface area contributed by atoms with E-state index in [1.54, 1.807) is 6.92 Å². The molecule has 1 rings (SSSR count). The van der Waals surface area contributed by atoms with Gasteiger partial charge in [0.1, 0.15) is 12.7 Å². The summed E-state index contributed by atoms with van der Waals surface area (Å²) in [5.74, 6) is -1.11. The molecule has 0 aromatic carbocycles. The molecular formula is C9H12O5. The minimum Gasteiger partial charge on any atom is -0.463 e. The highest BCUT2D eigenvalue weighted by atomic mass is 16.6. The Bertz CT molecular complexity index is 242. The van der Waals surface area contributed by atoms with Crippen LogP contribution >= 0.6 is 0 Å². The number of epoxide rings is 1. The van der Waals surface area contributed by atoms with Crippen molar-refractivity contribution in [1.82, 2.24) is 0 Å². The summed E-state index contributed by atoms with van der Waals surface area (Å²) < 4.78 is 14.1. The second kappa shape index (κ2) is 5.39. The fourth-order valence-corrected chi connectivity index (χ4v) is 0.714. The maximum absolute atomic E-state index is 10.9. The molecule has 5 nitrogen and oxygen atoms in total. The molecule has 0 amide bonds. The number of hydrogen-bond donors (Lipinski definition) is 0. The highest BCUT2D eigenvalue weighted by Crippen LogP contribution is 2.08. The van der Waals surface area contributed by atoms with Crippen molar-refractivity contribution in [2.75, 3.05) is 19.8 Å². The van der Waals surface area contributed by atoms with Crippen molar-refractivity contribution in [3.63, 3.8) is 0 Å². The van der Waals surface area contributed by atoms with Gasteiger partial charge in [-0.1, -0.05) is 0 Å². The standard InChI is InChI=1S/C9H12O5/c1-2-12-8(10)3-4-9(11)14-6-7-5-13-7/h3-4,7H,2,5-6H2,1H3. The van der Waals surface area contributed by atoms with Crippen LogP contribution in [-0.2, 0) is 23.8 Å². The molecule has 0 N–H and O–H groups in total. The van der Waals surface area contributed by atoms with Crippen LogP contribution in [0.1, 0.15) is 6.92 Å². The molecule has 0 saturated carbocycles. The predicted octanol–water partition coefficient (Wildman–Crippen LogP) is 0.0477. The second-order valence-corrected chi connectivity index (χ2v) is 2.67. The monoisotopic (exact) mass is 200 g/mol. The van der Waals surface area contributed by atoms with E-state index in [-0.39, 0.29) is 19.3 Å². The zero-order chi connectivity index (χ0) is 10.4. The van der Waals surface area contributed by atoms with Gasteiger partial charge in [0.05, 0.1) is 13.2 Å². The van der Waals surface area contributed by atoms with Crippen molar-refractivity contribution in [3.05, 3.63) is 12.2 Å². The Morgan fingerprint density at radius 3 is 2.43 bits per heavy atom. The number of esters is 2. The summed E-state index contributed by atoms with van der Waals surface area (Å²) in [5.41, 5.74) is 0. The number of rotatable bonds is 5. The maximum Gasteiger partial charge on any atom is 0.331 e. The van der Waals surface area contributed by atoms with Crippen molar-refractivity contribution < 1.29 is 23.8 Å². The van der Waals surface area contributed by atoms with Crippen LogP contribution in [0.5, 0.6) is 0 Å². The van der Waals surface area contributed by atoms with Crippen molar-refractivity contribution >= 4 is 11.9 Å². The molecular weight excluding hydrogens is 188 g/mol. The first kappa shape index (κ1) is 10.7.